The van der Waals surface area contributed by atoms with Crippen molar-refractivity contribution in [2.45, 2.75) is 32.1 Å². The Morgan fingerprint density at radius 1 is 1.69 bits per heavy atom. The lowest BCUT2D eigenvalue weighted by molar-refractivity contribution is -0.120. The number of hydrogen-bond acceptors (Lipinski definition) is 3. The van der Waals surface area contributed by atoms with E-state index in [4.69, 9.17) is 11.6 Å². The van der Waals surface area contributed by atoms with Crippen LogP contribution in [0.1, 0.15) is 30.5 Å². The average Bonchev–Trinajstić information content (AvgIpc) is 2.83. The second-order valence-corrected chi connectivity index (χ2v) is 5.84. The van der Waals surface area contributed by atoms with Crippen LogP contribution in [-0.2, 0) is 17.1 Å². The predicted molar refractivity (Wildman–Crippen MR) is 65.7 cm³/mol. The van der Waals surface area contributed by atoms with Crippen LogP contribution in [0.4, 0.5) is 0 Å². The van der Waals surface area contributed by atoms with Crippen molar-refractivity contribution in [3.8, 4) is 0 Å². The molecule has 0 aromatic carbocycles. The Hall–Kier alpha value is -0.610. The molecule has 0 unspecified atom stereocenters. The second kappa shape index (κ2) is 4.72. The number of nitrogens with zero attached hydrogens (tertiary/aromatic N) is 1. The van der Waals surface area contributed by atoms with E-state index in [1.807, 2.05) is 5.38 Å². The van der Waals surface area contributed by atoms with Crippen molar-refractivity contribution < 1.29 is 4.79 Å². The quantitative estimate of drug-likeness (QED) is 0.824. The molecule has 1 amide bonds. The van der Waals surface area contributed by atoms with Crippen molar-refractivity contribution in [1.29, 1.82) is 0 Å². The Kier molecular flexibility index (Phi) is 3.50. The molecular weight excluding hydrogens is 244 g/mol. The van der Waals surface area contributed by atoms with Crippen molar-refractivity contribution in [1.82, 2.24) is 10.3 Å². The maximum absolute atomic E-state index is 11.6. The average molecular weight is 259 g/mol. The molecule has 0 atom stereocenters. The van der Waals surface area contributed by atoms with Gasteiger partial charge < -0.3 is 5.32 Å². The standard InChI is InChI=1S/C11H15ClN2OS/c1-11(2-3-11)7-13-9(15)4-10-14-8(5-12)6-16-10/h6H,2-5,7H2,1H3,(H,13,15). The van der Waals surface area contributed by atoms with E-state index in [-0.39, 0.29) is 5.91 Å². The van der Waals surface area contributed by atoms with Gasteiger partial charge in [0.2, 0.25) is 5.91 Å². The smallest absolute Gasteiger partial charge is 0.226 e. The van der Waals surface area contributed by atoms with E-state index in [0.29, 0.717) is 17.7 Å². The lowest BCUT2D eigenvalue weighted by atomic mass is 10.1. The fourth-order valence-electron chi connectivity index (χ4n) is 1.39. The number of carbonyl (C=O) groups is 1. The number of alkyl halides is 1. The zero-order valence-corrected chi connectivity index (χ0v) is 10.8. The second-order valence-electron chi connectivity index (χ2n) is 4.63. The first-order valence-electron chi connectivity index (χ1n) is 5.37. The normalized spacial score (nSPS) is 17.1. The number of halogens is 1. The van der Waals surface area contributed by atoms with Gasteiger partial charge in [-0.2, -0.15) is 0 Å². The fraction of sp³-hybridized carbons (Fsp3) is 0.636. The minimum Gasteiger partial charge on any atom is -0.355 e. The Morgan fingerprint density at radius 2 is 2.44 bits per heavy atom. The van der Waals surface area contributed by atoms with Gasteiger partial charge in [0.25, 0.3) is 0 Å². The molecule has 1 aliphatic rings. The van der Waals surface area contributed by atoms with Crippen molar-refractivity contribution in [2.24, 2.45) is 5.41 Å². The van der Waals surface area contributed by atoms with Crippen LogP contribution in [0, 0.1) is 5.41 Å². The van der Waals surface area contributed by atoms with Crippen LogP contribution in [0.3, 0.4) is 0 Å². The van der Waals surface area contributed by atoms with Gasteiger partial charge in [-0.25, -0.2) is 4.98 Å². The van der Waals surface area contributed by atoms with Gasteiger partial charge in [0.1, 0.15) is 5.01 Å². The predicted octanol–water partition coefficient (Wildman–Crippen LogP) is 2.34. The number of hydrogen-bond donors (Lipinski definition) is 1. The molecule has 1 N–H and O–H groups in total. The highest BCUT2D eigenvalue weighted by Crippen LogP contribution is 2.43. The third-order valence-corrected chi connectivity index (χ3v) is 4.04. The van der Waals surface area contributed by atoms with Crippen LogP contribution in [0.5, 0.6) is 0 Å². The summed E-state index contributed by atoms with van der Waals surface area (Å²) in [5, 5.41) is 5.70. The zero-order valence-electron chi connectivity index (χ0n) is 9.25. The van der Waals surface area contributed by atoms with Crippen LogP contribution >= 0.6 is 22.9 Å². The van der Waals surface area contributed by atoms with Crippen molar-refractivity contribution in [3.05, 3.63) is 16.1 Å². The lowest BCUT2D eigenvalue weighted by Gasteiger charge is -2.08. The molecule has 16 heavy (non-hydrogen) atoms. The van der Waals surface area contributed by atoms with Crippen molar-refractivity contribution >= 4 is 28.8 Å². The molecule has 0 saturated heterocycles. The minimum atomic E-state index is 0.0589. The molecule has 1 aromatic heterocycles. The number of amides is 1. The van der Waals surface area contributed by atoms with Gasteiger partial charge in [-0.15, -0.1) is 22.9 Å². The minimum absolute atomic E-state index is 0.0589. The number of carbonyl (C=O) groups excluding carboxylic acids is 1. The molecule has 0 bridgehead atoms. The number of nitrogens with one attached hydrogen (secondary N) is 1. The molecular formula is C11H15ClN2OS. The van der Waals surface area contributed by atoms with Crippen LogP contribution in [0.25, 0.3) is 0 Å². The van der Waals surface area contributed by atoms with Crippen LogP contribution in [0.2, 0.25) is 0 Å². The zero-order chi connectivity index (χ0) is 11.6. The van der Waals surface area contributed by atoms with E-state index in [9.17, 15) is 4.79 Å². The van der Waals surface area contributed by atoms with Gasteiger partial charge in [0.05, 0.1) is 18.0 Å². The summed E-state index contributed by atoms with van der Waals surface area (Å²) >= 11 is 7.14. The molecule has 1 aliphatic carbocycles. The van der Waals surface area contributed by atoms with Gasteiger partial charge in [0.15, 0.2) is 0 Å². The number of rotatable bonds is 5. The highest BCUT2D eigenvalue weighted by molar-refractivity contribution is 7.09. The molecule has 0 radical (unpaired) electrons. The summed E-state index contributed by atoms with van der Waals surface area (Å²) < 4.78 is 0. The molecule has 3 nitrogen and oxygen atoms in total. The number of aromatic nitrogens is 1. The first-order valence-corrected chi connectivity index (χ1v) is 6.79. The maximum atomic E-state index is 11.6. The molecule has 0 aliphatic heterocycles. The van der Waals surface area contributed by atoms with E-state index in [1.54, 1.807) is 0 Å². The summed E-state index contributed by atoms with van der Waals surface area (Å²) in [6, 6.07) is 0. The molecule has 0 spiro atoms. The highest BCUT2D eigenvalue weighted by Gasteiger charge is 2.37. The monoisotopic (exact) mass is 258 g/mol. The van der Waals surface area contributed by atoms with Crippen molar-refractivity contribution in [3.63, 3.8) is 0 Å². The Bertz CT molecular complexity index is 387. The van der Waals surface area contributed by atoms with Crippen molar-refractivity contribution in [2.75, 3.05) is 6.54 Å². The summed E-state index contributed by atoms with van der Waals surface area (Å²) in [6.45, 7) is 2.99. The topological polar surface area (TPSA) is 42.0 Å². The van der Waals surface area contributed by atoms with Crippen LogP contribution in [0.15, 0.2) is 5.38 Å². The van der Waals surface area contributed by atoms with Gasteiger partial charge in [-0.3, -0.25) is 4.79 Å². The van der Waals surface area contributed by atoms with Gasteiger partial charge in [-0.1, -0.05) is 6.92 Å². The molecule has 1 heterocycles. The SMILES string of the molecule is CC1(CNC(=O)Cc2nc(CCl)cs2)CC1. The summed E-state index contributed by atoms with van der Waals surface area (Å²) in [7, 11) is 0. The summed E-state index contributed by atoms with van der Waals surface area (Å²) in [6.07, 6.45) is 2.82. The Balaban J connectivity index is 1.77. The van der Waals surface area contributed by atoms with Crippen LogP contribution in [-0.4, -0.2) is 17.4 Å². The third kappa shape index (κ3) is 3.19. The third-order valence-electron chi connectivity index (χ3n) is 2.86. The van der Waals surface area contributed by atoms with E-state index in [2.05, 4.69) is 17.2 Å². The van der Waals surface area contributed by atoms with E-state index in [1.165, 1.54) is 24.2 Å². The molecule has 1 fully saturated rings. The largest absolute Gasteiger partial charge is 0.355 e. The lowest BCUT2D eigenvalue weighted by Crippen LogP contribution is -2.30. The molecule has 1 saturated carbocycles. The molecule has 5 heteroatoms. The summed E-state index contributed by atoms with van der Waals surface area (Å²) in [4.78, 5) is 15.9. The summed E-state index contributed by atoms with van der Waals surface area (Å²) in [5.41, 5.74) is 1.21. The van der Waals surface area contributed by atoms with Gasteiger partial charge >= 0.3 is 0 Å². The van der Waals surface area contributed by atoms with Gasteiger partial charge in [-0.05, 0) is 18.3 Å². The Labute approximate surface area is 104 Å². The van der Waals surface area contributed by atoms with E-state index in [0.717, 1.165) is 17.2 Å². The first kappa shape index (κ1) is 11.9. The Morgan fingerprint density at radius 3 is 3.00 bits per heavy atom. The maximum Gasteiger partial charge on any atom is 0.226 e. The van der Waals surface area contributed by atoms with Crippen LogP contribution < -0.4 is 5.32 Å². The summed E-state index contributed by atoms with van der Waals surface area (Å²) in [5.74, 6) is 0.472. The van der Waals surface area contributed by atoms with E-state index < -0.39 is 0 Å². The van der Waals surface area contributed by atoms with Gasteiger partial charge in [0, 0.05) is 11.9 Å². The first-order chi connectivity index (χ1) is 7.61. The molecule has 88 valence electrons. The highest BCUT2D eigenvalue weighted by atomic mass is 35.5. The molecule has 1 aromatic rings. The fourth-order valence-corrected chi connectivity index (χ4v) is 2.41. The van der Waals surface area contributed by atoms with E-state index >= 15 is 0 Å². The number of thiazole rings is 1. The molecule has 2 rings (SSSR count).